The zero-order valence-electron chi connectivity index (χ0n) is 19.6. The van der Waals surface area contributed by atoms with Crippen molar-refractivity contribution in [1.29, 1.82) is 0 Å². The van der Waals surface area contributed by atoms with Crippen molar-refractivity contribution in [3.05, 3.63) is 0 Å². The molecule has 12 heteroatoms. The summed E-state index contributed by atoms with van der Waals surface area (Å²) in [5, 5.41) is 21.3. The summed E-state index contributed by atoms with van der Waals surface area (Å²) in [6, 6.07) is 0. The number of hydrogen-bond acceptors (Lipinski definition) is 6. The Morgan fingerprint density at radius 3 is 0.469 bits per heavy atom. The van der Waals surface area contributed by atoms with E-state index >= 15 is 0 Å². The molecule has 0 atom stereocenters. The summed E-state index contributed by atoms with van der Waals surface area (Å²) in [7, 11) is 0. The van der Waals surface area contributed by atoms with E-state index in [9.17, 15) is 0 Å². The molecule has 0 radical (unpaired) electrons. The lowest BCUT2D eigenvalue weighted by Crippen LogP contribution is -2.27. The maximum Gasteiger partial charge on any atom is -0.00368 e. The van der Waals surface area contributed by atoms with Crippen molar-refractivity contribution in [3.8, 4) is 0 Å². The van der Waals surface area contributed by atoms with Crippen LogP contribution in [0.1, 0.15) is 51.4 Å². The Morgan fingerprint density at radius 1 is 0.188 bits per heavy atom. The molecule has 6 nitrogen and oxygen atoms in total. The number of hydrogen-bond donors (Lipinski definition) is 6. The second-order valence-corrected chi connectivity index (χ2v) is 7.33. The van der Waals surface area contributed by atoms with Crippen molar-refractivity contribution in [2.75, 3.05) is 78.5 Å². The molecule has 0 saturated carbocycles. The fourth-order valence-electron chi connectivity index (χ4n) is 3.10. The molecule has 1 fully saturated rings. The van der Waals surface area contributed by atoms with Crippen LogP contribution in [0.3, 0.4) is 0 Å². The van der Waals surface area contributed by atoms with Crippen LogP contribution in [0.25, 0.3) is 0 Å². The van der Waals surface area contributed by atoms with Gasteiger partial charge in [-0.05, 0) is 130 Å². The third kappa shape index (κ3) is 38.7. The zero-order chi connectivity index (χ0) is 18.4. The largest absolute Gasteiger partial charge is 0.317 e. The highest BCUT2D eigenvalue weighted by Gasteiger charge is 1.94. The van der Waals surface area contributed by atoms with Crippen LogP contribution >= 0.6 is 74.4 Å². The van der Waals surface area contributed by atoms with E-state index < -0.39 is 0 Å². The molecular formula is C20H52Cl6N6. The molecule has 1 saturated heterocycles. The van der Waals surface area contributed by atoms with Gasteiger partial charge in [0.2, 0.25) is 0 Å². The van der Waals surface area contributed by atoms with Crippen LogP contribution in [0, 0.1) is 0 Å². The van der Waals surface area contributed by atoms with Crippen molar-refractivity contribution < 1.29 is 0 Å². The minimum atomic E-state index is 0. The summed E-state index contributed by atoms with van der Waals surface area (Å²) in [5.41, 5.74) is 0. The first-order chi connectivity index (χ1) is 13.0. The van der Waals surface area contributed by atoms with Gasteiger partial charge in [-0.2, -0.15) is 0 Å². The monoisotopic (exact) mass is 586 g/mol. The van der Waals surface area contributed by atoms with E-state index in [1.165, 1.54) is 51.4 Å². The van der Waals surface area contributed by atoms with Crippen LogP contribution in [0.15, 0.2) is 0 Å². The minimum Gasteiger partial charge on any atom is -0.317 e. The van der Waals surface area contributed by atoms with Gasteiger partial charge in [0.05, 0.1) is 0 Å². The van der Waals surface area contributed by atoms with E-state index in [1.54, 1.807) is 0 Å². The fraction of sp³-hybridized carbons (Fsp3) is 1.00. The maximum absolute atomic E-state index is 3.55. The lowest BCUT2D eigenvalue weighted by molar-refractivity contribution is 0.526. The van der Waals surface area contributed by atoms with Crippen LogP contribution in [0.4, 0.5) is 0 Å². The van der Waals surface area contributed by atoms with Gasteiger partial charge in [0.15, 0.2) is 0 Å². The first-order valence-electron chi connectivity index (χ1n) is 11.2. The van der Waals surface area contributed by atoms with Crippen molar-refractivity contribution >= 4 is 74.4 Å². The smallest absolute Gasteiger partial charge is 0.00368 e. The summed E-state index contributed by atoms with van der Waals surface area (Å²) >= 11 is 0. The molecule has 204 valence electrons. The molecule has 0 bridgehead atoms. The molecule has 1 aliphatic heterocycles. The standard InChI is InChI=1S/C20H46N6.6ClH/c1-2-10-22-14-6-18-26-20-8-16-24-12-4-3-11-23-15-7-19-25-17-5-13-21-9-1;;;;;;/h21-26H,1-20H2;6*1H. The van der Waals surface area contributed by atoms with Gasteiger partial charge in [0.1, 0.15) is 0 Å². The summed E-state index contributed by atoms with van der Waals surface area (Å²) < 4.78 is 0. The predicted molar refractivity (Wildman–Crippen MR) is 158 cm³/mol. The summed E-state index contributed by atoms with van der Waals surface area (Å²) in [6.45, 7) is 13.7. The Hall–Kier alpha value is 1.50. The third-order valence-electron chi connectivity index (χ3n) is 4.74. The van der Waals surface area contributed by atoms with Gasteiger partial charge in [0.25, 0.3) is 0 Å². The summed E-state index contributed by atoms with van der Waals surface area (Å²) in [6.07, 6.45) is 10.0. The Balaban J connectivity index is -0.000000282. The first-order valence-corrected chi connectivity index (χ1v) is 11.2. The normalized spacial score (nSPS) is 19.5. The average molecular weight is 589 g/mol. The molecule has 0 aromatic rings. The molecule has 6 N–H and O–H groups in total. The Kier molecular flexibility index (Phi) is 62.3. The van der Waals surface area contributed by atoms with Crippen LogP contribution < -0.4 is 31.9 Å². The van der Waals surface area contributed by atoms with E-state index in [0.717, 1.165) is 78.5 Å². The molecule has 0 amide bonds. The molecular weight excluding hydrogens is 537 g/mol. The molecule has 1 heterocycles. The fourth-order valence-corrected chi connectivity index (χ4v) is 3.10. The molecule has 0 aromatic heterocycles. The lowest BCUT2D eigenvalue weighted by atomic mass is 10.3. The summed E-state index contributed by atoms with van der Waals surface area (Å²) in [4.78, 5) is 0. The van der Waals surface area contributed by atoms with Crippen molar-refractivity contribution in [1.82, 2.24) is 31.9 Å². The second kappa shape index (κ2) is 42.6. The zero-order valence-corrected chi connectivity index (χ0v) is 24.5. The Labute approximate surface area is 235 Å². The highest BCUT2D eigenvalue weighted by atomic mass is 35.5. The number of halogens is 6. The minimum absolute atomic E-state index is 0. The molecule has 1 aliphatic rings. The molecule has 1 rings (SSSR count). The van der Waals surface area contributed by atoms with Gasteiger partial charge in [-0.15, -0.1) is 74.4 Å². The Bertz CT molecular complexity index is 165. The lowest BCUT2D eigenvalue weighted by Gasteiger charge is -2.09. The topological polar surface area (TPSA) is 72.2 Å². The average Bonchev–Trinajstić information content (AvgIpc) is 2.65. The van der Waals surface area contributed by atoms with E-state index in [2.05, 4.69) is 31.9 Å². The maximum atomic E-state index is 3.55. The van der Waals surface area contributed by atoms with Crippen molar-refractivity contribution in [2.24, 2.45) is 0 Å². The third-order valence-corrected chi connectivity index (χ3v) is 4.74. The molecule has 0 aromatic carbocycles. The molecule has 0 unspecified atom stereocenters. The van der Waals surface area contributed by atoms with Crippen LogP contribution in [-0.4, -0.2) is 78.5 Å². The van der Waals surface area contributed by atoms with E-state index in [1.807, 2.05) is 0 Å². The number of nitrogens with one attached hydrogen (secondary N) is 6. The second-order valence-electron chi connectivity index (χ2n) is 7.33. The molecule has 0 spiro atoms. The highest BCUT2D eigenvalue weighted by Crippen LogP contribution is 1.87. The van der Waals surface area contributed by atoms with Gasteiger partial charge in [-0.3, -0.25) is 0 Å². The van der Waals surface area contributed by atoms with E-state index in [-0.39, 0.29) is 74.4 Å². The van der Waals surface area contributed by atoms with Crippen molar-refractivity contribution in [3.63, 3.8) is 0 Å². The quantitative estimate of drug-likeness (QED) is 0.261. The van der Waals surface area contributed by atoms with Gasteiger partial charge in [-0.25, -0.2) is 0 Å². The van der Waals surface area contributed by atoms with Gasteiger partial charge < -0.3 is 31.9 Å². The van der Waals surface area contributed by atoms with E-state index in [0.29, 0.717) is 0 Å². The van der Waals surface area contributed by atoms with Crippen LogP contribution in [0.5, 0.6) is 0 Å². The van der Waals surface area contributed by atoms with Gasteiger partial charge in [-0.1, -0.05) is 0 Å². The predicted octanol–water partition coefficient (Wildman–Crippen LogP) is 3.19. The van der Waals surface area contributed by atoms with Gasteiger partial charge >= 0.3 is 0 Å². The highest BCUT2D eigenvalue weighted by molar-refractivity contribution is 5.86. The number of rotatable bonds is 0. The first kappa shape index (κ1) is 46.8. The van der Waals surface area contributed by atoms with E-state index in [4.69, 9.17) is 0 Å². The molecule has 32 heavy (non-hydrogen) atoms. The Morgan fingerprint density at radius 2 is 0.312 bits per heavy atom. The van der Waals surface area contributed by atoms with Gasteiger partial charge in [0, 0.05) is 0 Å². The SMILES string of the molecule is C1CCNCCCNCCCNCCCCNCCCNCCCNC1.Cl.Cl.Cl.Cl.Cl.Cl. The summed E-state index contributed by atoms with van der Waals surface area (Å²) in [5.74, 6) is 0. The van der Waals surface area contributed by atoms with Crippen molar-refractivity contribution in [2.45, 2.75) is 51.4 Å². The molecule has 0 aliphatic carbocycles. The van der Waals surface area contributed by atoms with Crippen LogP contribution in [-0.2, 0) is 0 Å². The van der Waals surface area contributed by atoms with Crippen LogP contribution in [0.2, 0.25) is 0 Å².